The third-order valence-corrected chi connectivity index (χ3v) is 5.16. The van der Waals surface area contributed by atoms with E-state index in [0.717, 1.165) is 25.0 Å². The first kappa shape index (κ1) is 14.8. The number of nitrogens with zero attached hydrogens (tertiary/aromatic N) is 5. The molecule has 5 nitrogen and oxygen atoms in total. The summed E-state index contributed by atoms with van der Waals surface area (Å²) in [6.07, 6.45) is 5.91. The molecule has 4 rings (SSSR count). The molecule has 5 heteroatoms. The van der Waals surface area contributed by atoms with E-state index < -0.39 is 0 Å². The van der Waals surface area contributed by atoms with Crippen LogP contribution in [0.25, 0.3) is 0 Å². The first-order chi connectivity index (χ1) is 11.4. The van der Waals surface area contributed by atoms with Gasteiger partial charge in [0.15, 0.2) is 0 Å². The van der Waals surface area contributed by atoms with Crippen LogP contribution in [0.15, 0.2) is 36.7 Å². The Kier molecular flexibility index (Phi) is 4.39. The highest BCUT2D eigenvalue weighted by Crippen LogP contribution is 2.21. The van der Waals surface area contributed by atoms with Crippen molar-refractivity contribution in [3.8, 4) is 0 Å². The van der Waals surface area contributed by atoms with Gasteiger partial charge in [-0.2, -0.15) is 0 Å². The third-order valence-electron chi connectivity index (χ3n) is 5.16. The summed E-state index contributed by atoms with van der Waals surface area (Å²) in [4.78, 5) is 5.21. The van der Waals surface area contributed by atoms with Crippen LogP contribution in [-0.2, 0) is 13.1 Å². The molecule has 1 aromatic carbocycles. The number of likely N-dealkylation sites (tertiary alicyclic amines) is 2. The Bertz CT molecular complexity index is 617. The van der Waals surface area contributed by atoms with Gasteiger partial charge < -0.3 is 4.57 Å². The van der Waals surface area contributed by atoms with E-state index in [1.165, 1.54) is 51.0 Å². The number of aromatic nitrogens is 3. The van der Waals surface area contributed by atoms with Gasteiger partial charge in [-0.3, -0.25) is 9.80 Å². The van der Waals surface area contributed by atoms with Crippen LogP contribution >= 0.6 is 0 Å². The lowest BCUT2D eigenvalue weighted by atomic mass is 10.2. The maximum Gasteiger partial charge on any atom is 0.147 e. The van der Waals surface area contributed by atoms with Crippen molar-refractivity contribution < 1.29 is 0 Å². The summed E-state index contributed by atoms with van der Waals surface area (Å²) in [6.45, 7) is 6.71. The number of hydrogen-bond donors (Lipinski definition) is 0. The molecular formula is C18H25N5. The van der Waals surface area contributed by atoms with Gasteiger partial charge in [0.2, 0.25) is 0 Å². The van der Waals surface area contributed by atoms with Gasteiger partial charge in [0.25, 0.3) is 0 Å². The number of rotatable bonds is 5. The summed E-state index contributed by atoms with van der Waals surface area (Å²) in [6, 6.07) is 11.3. The number of benzene rings is 1. The zero-order valence-electron chi connectivity index (χ0n) is 13.6. The Morgan fingerprint density at radius 1 is 1.00 bits per heavy atom. The van der Waals surface area contributed by atoms with E-state index in [-0.39, 0.29) is 0 Å². The van der Waals surface area contributed by atoms with Gasteiger partial charge in [-0.1, -0.05) is 30.3 Å². The van der Waals surface area contributed by atoms with Crippen molar-refractivity contribution in [3.05, 3.63) is 48.0 Å². The molecule has 2 aromatic rings. The SMILES string of the molecule is c1ccc(Cn2cnnc2CN2CC[C@@H](N3CCCC3)C2)cc1. The lowest BCUT2D eigenvalue weighted by Gasteiger charge is -2.23. The molecule has 122 valence electrons. The highest BCUT2D eigenvalue weighted by Gasteiger charge is 2.29. The maximum atomic E-state index is 4.36. The van der Waals surface area contributed by atoms with Crippen LogP contribution in [0.1, 0.15) is 30.7 Å². The first-order valence-corrected chi connectivity index (χ1v) is 8.75. The molecule has 2 aliphatic rings. The monoisotopic (exact) mass is 311 g/mol. The lowest BCUT2D eigenvalue weighted by Crippen LogP contribution is -2.35. The molecule has 0 bridgehead atoms. The van der Waals surface area contributed by atoms with E-state index in [4.69, 9.17) is 0 Å². The fourth-order valence-corrected chi connectivity index (χ4v) is 3.87. The van der Waals surface area contributed by atoms with Crippen molar-refractivity contribution in [2.75, 3.05) is 26.2 Å². The van der Waals surface area contributed by atoms with E-state index in [1.54, 1.807) is 0 Å². The fraction of sp³-hybridized carbons (Fsp3) is 0.556. The Morgan fingerprint density at radius 3 is 2.65 bits per heavy atom. The average molecular weight is 311 g/mol. The minimum Gasteiger partial charge on any atom is -0.312 e. The molecule has 0 N–H and O–H groups in total. The second kappa shape index (κ2) is 6.81. The van der Waals surface area contributed by atoms with E-state index >= 15 is 0 Å². The zero-order valence-corrected chi connectivity index (χ0v) is 13.6. The standard InChI is InChI=1S/C18H25N5/c1-2-6-16(7-3-1)12-23-15-19-20-18(23)14-21-11-8-17(13-21)22-9-4-5-10-22/h1-3,6-7,15,17H,4-5,8-14H2/t17-/m1/s1. The van der Waals surface area contributed by atoms with Crippen LogP contribution < -0.4 is 0 Å². The predicted molar refractivity (Wildman–Crippen MR) is 90.1 cm³/mol. The summed E-state index contributed by atoms with van der Waals surface area (Å²) in [5.41, 5.74) is 1.30. The molecule has 0 spiro atoms. The second-order valence-electron chi connectivity index (χ2n) is 6.78. The highest BCUT2D eigenvalue weighted by molar-refractivity contribution is 5.15. The largest absolute Gasteiger partial charge is 0.312 e. The molecule has 3 heterocycles. The van der Waals surface area contributed by atoms with Crippen LogP contribution in [0.2, 0.25) is 0 Å². The van der Waals surface area contributed by atoms with Gasteiger partial charge in [0.1, 0.15) is 12.2 Å². The molecule has 0 aliphatic carbocycles. The minimum absolute atomic E-state index is 0.753. The van der Waals surface area contributed by atoms with Gasteiger partial charge in [-0.15, -0.1) is 10.2 Å². The van der Waals surface area contributed by atoms with Crippen LogP contribution in [-0.4, -0.2) is 56.8 Å². The second-order valence-corrected chi connectivity index (χ2v) is 6.78. The van der Waals surface area contributed by atoms with Crippen molar-refractivity contribution in [2.45, 2.75) is 38.4 Å². The molecule has 2 aliphatic heterocycles. The Labute approximate surface area is 137 Å². The Hall–Kier alpha value is -1.72. The first-order valence-electron chi connectivity index (χ1n) is 8.75. The minimum atomic E-state index is 0.753. The highest BCUT2D eigenvalue weighted by atomic mass is 15.3. The molecule has 0 radical (unpaired) electrons. The van der Waals surface area contributed by atoms with Crippen LogP contribution in [0.4, 0.5) is 0 Å². The van der Waals surface area contributed by atoms with Crippen molar-refractivity contribution >= 4 is 0 Å². The molecule has 1 atom stereocenters. The average Bonchev–Trinajstić information content (AvgIpc) is 3.31. The Morgan fingerprint density at radius 2 is 1.83 bits per heavy atom. The molecule has 0 saturated carbocycles. The van der Waals surface area contributed by atoms with Crippen molar-refractivity contribution in [2.24, 2.45) is 0 Å². The molecule has 0 unspecified atom stereocenters. The van der Waals surface area contributed by atoms with Crippen molar-refractivity contribution in [3.63, 3.8) is 0 Å². The van der Waals surface area contributed by atoms with Gasteiger partial charge in [-0.25, -0.2) is 0 Å². The Balaban J connectivity index is 1.37. The van der Waals surface area contributed by atoms with Crippen molar-refractivity contribution in [1.29, 1.82) is 0 Å². The summed E-state index contributed by atoms with van der Waals surface area (Å²) in [5, 5.41) is 8.49. The maximum absolute atomic E-state index is 4.36. The van der Waals surface area contributed by atoms with E-state index in [1.807, 2.05) is 6.33 Å². The summed E-state index contributed by atoms with van der Waals surface area (Å²) >= 11 is 0. The third kappa shape index (κ3) is 3.46. The van der Waals surface area contributed by atoms with E-state index in [0.29, 0.717) is 0 Å². The van der Waals surface area contributed by atoms with Gasteiger partial charge >= 0.3 is 0 Å². The lowest BCUT2D eigenvalue weighted by molar-refractivity contribution is 0.227. The molecular weight excluding hydrogens is 286 g/mol. The quantitative estimate of drug-likeness (QED) is 0.846. The summed E-state index contributed by atoms with van der Waals surface area (Å²) < 4.78 is 2.18. The molecule has 0 amide bonds. The van der Waals surface area contributed by atoms with Crippen LogP contribution in [0, 0.1) is 0 Å². The fourth-order valence-electron chi connectivity index (χ4n) is 3.87. The summed E-state index contributed by atoms with van der Waals surface area (Å²) in [7, 11) is 0. The van der Waals surface area contributed by atoms with Crippen molar-refractivity contribution in [1.82, 2.24) is 24.6 Å². The van der Waals surface area contributed by atoms with Gasteiger partial charge in [0, 0.05) is 19.1 Å². The topological polar surface area (TPSA) is 37.2 Å². The summed E-state index contributed by atoms with van der Waals surface area (Å²) in [5.74, 6) is 1.08. The number of hydrogen-bond acceptors (Lipinski definition) is 4. The molecule has 1 aromatic heterocycles. The molecule has 2 fully saturated rings. The van der Waals surface area contributed by atoms with E-state index in [2.05, 4.69) is 54.9 Å². The zero-order chi connectivity index (χ0) is 15.5. The molecule has 2 saturated heterocycles. The predicted octanol–water partition coefficient (Wildman–Crippen LogP) is 2.00. The smallest absolute Gasteiger partial charge is 0.147 e. The van der Waals surface area contributed by atoms with Crippen LogP contribution in [0.5, 0.6) is 0 Å². The normalized spacial score (nSPS) is 22.9. The van der Waals surface area contributed by atoms with E-state index in [9.17, 15) is 0 Å². The van der Waals surface area contributed by atoms with Gasteiger partial charge in [-0.05, 0) is 37.9 Å². The van der Waals surface area contributed by atoms with Crippen LogP contribution in [0.3, 0.4) is 0 Å². The molecule has 23 heavy (non-hydrogen) atoms. The van der Waals surface area contributed by atoms with Gasteiger partial charge in [0.05, 0.1) is 13.1 Å².